The molecule has 5 nitrogen and oxygen atoms in total. The molecule has 5 heteroatoms. The van der Waals surface area contributed by atoms with E-state index in [1.807, 2.05) is 11.8 Å². The molecule has 2 N–H and O–H groups in total. The van der Waals surface area contributed by atoms with Crippen LogP contribution in [0.25, 0.3) is 0 Å². The summed E-state index contributed by atoms with van der Waals surface area (Å²) in [5.41, 5.74) is 1.22. The smallest absolute Gasteiger partial charge is 0.321 e. The van der Waals surface area contributed by atoms with Crippen LogP contribution in [0.5, 0.6) is 0 Å². The zero-order chi connectivity index (χ0) is 15.1. The molecule has 0 spiro atoms. The fraction of sp³-hybridized carbons (Fsp3) is 0.500. The van der Waals surface area contributed by atoms with Gasteiger partial charge in [-0.25, -0.2) is 4.79 Å². The molecular weight excluding hydrogens is 264 g/mol. The van der Waals surface area contributed by atoms with E-state index in [2.05, 4.69) is 16.7 Å². The Hall–Kier alpha value is -2.06. The average molecular weight is 286 g/mol. The first-order valence-electron chi connectivity index (χ1n) is 7.49. The minimum Gasteiger partial charge on any atom is -0.325 e. The van der Waals surface area contributed by atoms with Crippen molar-refractivity contribution in [2.45, 2.75) is 19.8 Å². The third-order valence-corrected chi connectivity index (χ3v) is 3.85. The predicted molar refractivity (Wildman–Crippen MR) is 83.0 cm³/mol. The molecule has 0 saturated carbocycles. The largest absolute Gasteiger partial charge is 0.325 e. The average Bonchev–Trinajstić information content (AvgIpc) is 2.53. The van der Waals surface area contributed by atoms with Crippen molar-refractivity contribution >= 4 is 11.7 Å². The summed E-state index contributed by atoms with van der Waals surface area (Å²) in [4.78, 5) is 14.2. The molecule has 1 fully saturated rings. The monoisotopic (exact) mass is 286 g/mol. The molecule has 0 unspecified atom stereocenters. The van der Waals surface area contributed by atoms with Gasteiger partial charge in [0.1, 0.15) is 0 Å². The predicted octanol–water partition coefficient (Wildman–Crippen LogP) is 2.41. The number of benzene rings is 1. The van der Waals surface area contributed by atoms with Crippen molar-refractivity contribution in [2.24, 2.45) is 5.92 Å². The quantitative estimate of drug-likeness (QED) is 0.893. The van der Waals surface area contributed by atoms with Gasteiger partial charge >= 0.3 is 6.03 Å². The lowest BCUT2D eigenvalue weighted by Crippen LogP contribution is -2.41. The van der Waals surface area contributed by atoms with E-state index in [4.69, 9.17) is 5.26 Å². The van der Waals surface area contributed by atoms with E-state index >= 15 is 0 Å². The highest BCUT2D eigenvalue weighted by atomic mass is 16.2. The van der Waals surface area contributed by atoms with Crippen LogP contribution in [-0.4, -0.2) is 37.1 Å². The van der Waals surface area contributed by atoms with E-state index in [1.165, 1.54) is 0 Å². The van der Waals surface area contributed by atoms with Gasteiger partial charge in [0, 0.05) is 18.8 Å². The Morgan fingerprint density at radius 3 is 2.90 bits per heavy atom. The van der Waals surface area contributed by atoms with Gasteiger partial charge in [-0.15, -0.1) is 0 Å². The molecule has 1 aliphatic heterocycles. The van der Waals surface area contributed by atoms with Crippen LogP contribution >= 0.6 is 0 Å². The number of carbonyl (C=O) groups is 1. The molecule has 2 rings (SSSR count). The topological polar surface area (TPSA) is 68.2 Å². The van der Waals surface area contributed by atoms with Crippen LogP contribution in [-0.2, 0) is 0 Å². The van der Waals surface area contributed by atoms with Crippen molar-refractivity contribution in [1.29, 1.82) is 5.26 Å². The van der Waals surface area contributed by atoms with Gasteiger partial charge in [-0.3, -0.25) is 0 Å². The van der Waals surface area contributed by atoms with Gasteiger partial charge in [0.15, 0.2) is 0 Å². The van der Waals surface area contributed by atoms with Crippen LogP contribution in [0.15, 0.2) is 24.3 Å². The Balaban J connectivity index is 1.94. The van der Waals surface area contributed by atoms with Gasteiger partial charge in [-0.2, -0.15) is 5.26 Å². The zero-order valence-electron chi connectivity index (χ0n) is 12.4. The summed E-state index contributed by atoms with van der Waals surface area (Å²) in [6, 6.07) is 8.98. The molecule has 0 aromatic heterocycles. The fourth-order valence-corrected chi connectivity index (χ4v) is 2.60. The lowest BCUT2D eigenvalue weighted by Gasteiger charge is -2.29. The van der Waals surface area contributed by atoms with E-state index < -0.39 is 0 Å². The highest BCUT2D eigenvalue weighted by Crippen LogP contribution is 2.15. The van der Waals surface area contributed by atoms with E-state index in [1.54, 1.807) is 24.3 Å². The highest BCUT2D eigenvalue weighted by molar-refractivity contribution is 5.89. The molecule has 1 aliphatic rings. The van der Waals surface area contributed by atoms with Gasteiger partial charge < -0.3 is 15.5 Å². The number of nitrogens with zero attached hydrogens (tertiary/aromatic N) is 2. The fourth-order valence-electron chi connectivity index (χ4n) is 2.60. The Bertz CT molecular complexity index is 517. The minimum absolute atomic E-state index is 0.0916. The second kappa shape index (κ2) is 7.65. The summed E-state index contributed by atoms with van der Waals surface area (Å²) in [5.74, 6) is 0.572. The first kappa shape index (κ1) is 15.3. The normalized spacial score (nSPS) is 15.2. The van der Waals surface area contributed by atoms with Gasteiger partial charge in [0.25, 0.3) is 0 Å². The molecule has 0 atom stereocenters. The third-order valence-electron chi connectivity index (χ3n) is 3.85. The summed E-state index contributed by atoms with van der Waals surface area (Å²) >= 11 is 0. The standard InChI is InChI=1S/C16H22N4O/c1-2-20(12-13-6-8-18-9-7-13)16(21)19-15-5-3-4-14(10-15)11-17/h3-5,10,13,18H,2,6-9,12H2,1H3,(H,19,21). The van der Waals surface area contributed by atoms with E-state index in [0.717, 1.165) is 32.5 Å². The Labute approximate surface area is 125 Å². The maximum atomic E-state index is 12.3. The number of rotatable bonds is 4. The SMILES string of the molecule is CCN(CC1CCNCC1)C(=O)Nc1cccc(C#N)c1. The molecule has 112 valence electrons. The van der Waals surface area contributed by atoms with Crippen LogP contribution < -0.4 is 10.6 Å². The van der Waals surface area contributed by atoms with Crippen LogP contribution in [0.2, 0.25) is 0 Å². The Morgan fingerprint density at radius 2 is 2.24 bits per heavy atom. The first-order valence-corrected chi connectivity index (χ1v) is 7.49. The van der Waals surface area contributed by atoms with Gasteiger partial charge in [0.05, 0.1) is 11.6 Å². The van der Waals surface area contributed by atoms with E-state index in [0.29, 0.717) is 23.7 Å². The van der Waals surface area contributed by atoms with Crippen molar-refractivity contribution in [3.63, 3.8) is 0 Å². The van der Waals surface area contributed by atoms with Crippen molar-refractivity contribution < 1.29 is 4.79 Å². The summed E-state index contributed by atoms with van der Waals surface area (Å²) in [6.07, 6.45) is 2.24. The van der Waals surface area contributed by atoms with Crippen LogP contribution in [0.3, 0.4) is 0 Å². The maximum absolute atomic E-state index is 12.3. The molecule has 1 aromatic rings. The van der Waals surface area contributed by atoms with Crippen molar-refractivity contribution in [1.82, 2.24) is 10.2 Å². The van der Waals surface area contributed by atoms with Crippen molar-refractivity contribution in [3.8, 4) is 6.07 Å². The number of nitrogens with one attached hydrogen (secondary N) is 2. The summed E-state index contributed by atoms with van der Waals surface area (Å²) < 4.78 is 0. The molecule has 0 radical (unpaired) electrons. The van der Waals surface area contributed by atoms with Crippen LogP contribution in [0, 0.1) is 17.2 Å². The minimum atomic E-state index is -0.0916. The first-order chi connectivity index (χ1) is 10.2. The number of hydrogen-bond donors (Lipinski definition) is 2. The number of nitriles is 1. The number of urea groups is 1. The molecule has 2 amide bonds. The summed E-state index contributed by atoms with van der Waals surface area (Å²) in [5, 5.41) is 15.1. The number of hydrogen-bond acceptors (Lipinski definition) is 3. The molecule has 0 bridgehead atoms. The molecule has 1 saturated heterocycles. The lowest BCUT2D eigenvalue weighted by atomic mass is 9.98. The Kier molecular flexibility index (Phi) is 5.59. The maximum Gasteiger partial charge on any atom is 0.321 e. The van der Waals surface area contributed by atoms with Crippen LogP contribution in [0.4, 0.5) is 10.5 Å². The second-order valence-electron chi connectivity index (χ2n) is 5.35. The Morgan fingerprint density at radius 1 is 1.48 bits per heavy atom. The number of amides is 2. The molecule has 1 heterocycles. The second-order valence-corrected chi connectivity index (χ2v) is 5.35. The van der Waals surface area contributed by atoms with E-state index in [9.17, 15) is 4.79 Å². The van der Waals surface area contributed by atoms with Gasteiger partial charge in [-0.05, 0) is 57.0 Å². The zero-order valence-corrected chi connectivity index (χ0v) is 12.4. The number of piperidine rings is 1. The summed E-state index contributed by atoms with van der Waals surface area (Å²) in [7, 11) is 0. The third kappa shape index (κ3) is 4.47. The molecule has 21 heavy (non-hydrogen) atoms. The van der Waals surface area contributed by atoms with Crippen molar-refractivity contribution in [3.05, 3.63) is 29.8 Å². The van der Waals surface area contributed by atoms with E-state index in [-0.39, 0.29) is 6.03 Å². The van der Waals surface area contributed by atoms with Crippen molar-refractivity contribution in [2.75, 3.05) is 31.5 Å². The van der Waals surface area contributed by atoms with Crippen LogP contribution in [0.1, 0.15) is 25.3 Å². The summed E-state index contributed by atoms with van der Waals surface area (Å²) in [6.45, 7) is 5.55. The molecular formula is C16H22N4O. The molecule has 0 aliphatic carbocycles. The number of carbonyl (C=O) groups excluding carboxylic acids is 1. The lowest BCUT2D eigenvalue weighted by molar-refractivity contribution is 0.196. The molecule has 1 aromatic carbocycles. The van der Waals surface area contributed by atoms with Gasteiger partial charge in [-0.1, -0.05) is 6.07 Å². The highest BCUT2D eigenvalue weighted by Gasteiger charge is 2.19. The number of anilines is 1. The van der Waals surface area contributed by atoms with Gasteiger partial charge in [0.2, 0.25) is 0 Å².